The van der Waals surface area contributed by atoms with E-state index < -0.39 is 5.60 Å². The summed E-state index contributed by atoms with van der Waals surface area (Å²) in [6.45, 7) is 2.45. The summed E-state index contributed by atoms with van der Waals surface area (Å²) in [6.07, 6.45) is 10.9. The van der Waals surface area contributed by atoms with Gasteiger partial charge in [0, 0.05) is 6.42 Å². The van der Waals surface area contributed by atoms with Gasteiger partial charge in [-0.05, 0) is 85.2 Å². The summed E-state index contributed by atoms with van der Waals surface area (Å²) < 4.78 is 5.72. The zero-order valence-corrected chi connectivity index (χ0v) is 14.1. The lowest BCUT2D eigenvalue weighted by Gasteiger charge is -2.59. The second-order valence-electron chi connectivity index (χ2n) is 9.23. The normalized spacial score (nSPS) is 51.0. The van der Waals surface area contributed by atoms with Crippen LogP contribution < -0.4 is 0 Å². The number of hydrogen-bond acceptors (Lipinski definition) is 3. The topological polar surface area (TPSA) is 53.6 Å². The lowest BCUT2D eigenvalue weighted by molar-refractivity contribution is -0.0727. The van der Waals surface area contributed by atoms with Crippen molar-refractivity contribution >= 4 is 0 Å². The van der Waals surface area contributed by atoms with Crippen molar-refractivity contribution in [2.75, 3.05) is 6.61 Å². The van der Waals surface area contributed by atoms with Gasteiger partial charge in [-0.25, -0.2) is 0 Å². The molecule has 2 N–H and O–H groups in total. The molecular weight excluding hydrogens is 288 g/mol. The first-order valence-corrected chi connectivity index (χ1v) is 9.40. The van der Waals surface area contributed by atoms with Gasteiger partial charge in [0.2, 0.25) is 0 Å². The van der Waals surface area contributed by atoms with Gasteiger partial charge in [0.25, 0.3) is 0 Å². The Hall–Kier alpha value is -0.800. The van der Waals surface area contributed by atoms with E-state index in [0.717, 1.165) is 25.7 Å². The average Bonchev–Trinajstić information content (AvgIpc) is 3.09. The standard InChI is InChI=1S/C20H28O3/c1-18-7-5-16-14(6-9-23-16)15(18)4-8-19-10-13(2-3-17(18)19)20(22,11-19)12-21/h6,9,13,15,17,21-22H,2-5,7-8,10-12H2,1H3/t13?,15-,17+,18-,19+,20+/m1/s1. The molecule has 0 radical (unpaired) electrons. The maximum atomic E-state index is 10.9. The van der Waals surface area contributed by atoms with Gasteiger partial charge in [-0.2, -0.15) is 0 Å². The van der Waals surface area contributed by atoms with E-state index in [1.807, 2.05) is 6.26 Å². The lowest BCUT2D eigenvalue weighted by atomic mass is 9.45. The Morgan fingerprint density at radius 3 is 2.96 bits per heavy atom. The Balaban J connectivity index is 1.56. The van der Waals surface area contributed by atoms with Crippen molar-refractivity contribution < 1.29 is 14.6 Å². The highest BCUT2D eigenvalue weighted by molar-refractivity contribution is 5.31. The third-order valence-corrected chi connectivity index (χ3v) is 8.46. The van der Waals surface area contributed by atoms with E-state index in [1.165, 1.54) is 37.0 Å². The Kier molecular flexibility index (Phi) is 2.80. The van der Waals surface area contributed by atoms with Crippen molar-refractivity contribution in [3.63, 3.8) is 0 Å². The molecule has 0 amide bonds. The van der Waals surface area contributed by atoms with Crippen LogP contribution in [-0.4, -0.2) is 22.4 Å². The highest BCUT2D eigenvalue weighted by atomic mass is 16.3. The van der Waals surface area contributed by atoms with Gasteiger partial charge < -0.3 is 14.6 Å². The molecule has 23 heavy (non-hydrogen) atoms. The van der Waals surface area contributed by atoms with Crippen molar-refractivity contribution in [2.24, 2.45) is 22.7 Å². The first-order valence-electron chi connectivity index (χ1n) is 9.40. The predicted octanol–water partition coefficient (Wildman–Crippen LogP) is 3.64. The maximum Gasteiger partial charge on any atom is 0.107 e. The molecule has 3 saturated carbocycles. The predicted molar refractivity (Wildman–Crippen MR) is 87.0 cm³/mol. The molecule has 0 saturated heterocycles. The number of aliphatic hydroxyl groups is 2. The Morgan fingerprint density at radius 1 is 1.26 bits per heavy atom. The molecular formula is C20H28O3. The molecule has 4 aliphatic carbocycles. The molecule has 6 atom stereocenters. The van der Waals surface area contributed by atoms with Gasteiger partial charge in [0.15, 0.2) is 0 Å². The zero-order chi connectivity index (χ0) is 15.9. The van der Waals surface area contributed by atoms with Gasteiger partial charge in [-0.15, -0.1) is 0 Å². The summed E-state index contributed by atoms with van der Waals surface area (Å²) in [7, 11) is 0. The minimum Gasteiger partial charge on any atom is -0.469 e. The monoisotopic (exact) mass is 316 g/mol. The van der Waals surface area contributed by atoms with Gasteiger partial charge >= 0.3 is 0 Å². The van der Waals surface area contributed by atoms with Gasteiger partial charge in [0.1, 0.15) is 5.76 Å². The van der Waals surface area contributed by atoms with E-state index in [0.29, 0.717) is 23.2 Å². The van der Waals surface area contributed by atoms with E-state index in [-0.39, 0.29) is 12.0 Å². The second kappa shape index (κ2) is 4.43. The van der Waals surface area contributed by atoms with Crippen LogP contribution in [0.1, 0.15) is 69.1 Å². The first-order chi connectivity index (χ1) is 11.0. The number of fused-ring (bicyclic) bond motifs is 5. The molecule has 1 heterocycles. The summed E-state index contributed by atoms with van der Waals surface area (Å²) in [5.74, 6) is 2.85. The summed E-state index contributed by atoms with van der Waals surface area (Å²) in [5, 5.41) is 20.7. The van der Waals surface area contributed by atoms with E-state index in [2.05, 4.69) is 13.0 Å². The van der Waals surface area contributed by atoms with Crippen LogP contribution in [0.25, 0.3) is 0 Å². The van der Waals surface area contributed by atoms with Gasteiger partial charge in [-0.3, -0.25) is 0 Å². The van der Waals surface area contributed by atoms with Crippen molar-refractivity contribution in [1.82, 2.24) is 0 Å². The van der Waals surface area contributed by atoms with E-state index in [9.17, 15) is 10.2 Å². The van der Waals surface area contributed by atoms with E-state index in [4.69, 9.17) is 4.42 Å². The van der Waals surface area contributed by atoms with E-state index in [1.54, 1.807) is 0 Å². The molecule has 3 nitrogen and oxygen atoms in total. The van der Waals surface area contributed by atoms with Crippen LogP contribution >= 0.6 is 0 Å². The largest absolute Gasteiger partial charge is 0.469 e. The molecule has 1 spiro atoms. The minimum absolute atomic E-state index is 0.0574. The van der Waals surface area contributed by atoms with E-state index >= 15 is 0 Å². The SMILES string of the molecule is C[C@@]12CCc3occc3[C@H]1CC[C@@]13CC(CC[C@H]12)[C@@](O)(CO)C3. The molecule has 4 aliphatic rings. The third-order valence-electron chi connectivity index (χ3n) is 8.46. The number of aliphatic hydroxyl groups excluding tert-OH is 1. The molecule has 0 aromatic carbocycles. The van der Waals surface area contributed by atoms with Crippen molar-refractivity contribution in [1.29, 1.82) is 0 Å². The average molecular weight is 316 g/mol. The van der Waals surface area contributed by atoms with Crippen LogP contribution in [0.5, 0.6) is 0 Å². The highest BCUT2D eigenvalue weighted by Crippen LogP contribution is 2.71. The van der Waals surface area contributed by atoms with Crippen molar-refractivity contribution in [2.45, 2.75) is 69.8 Å². The fourth-order valence-corrected chi connectivity index (χ4v) is 7.51. The van der Waals surface area contributed by atoms with Crippen molar-refractivity contribution in [3.8, 4) is 0 Å². The summed E-state index contributed by atoms with van der Waals surface area (Å²) in [5.41, 5.74) is 1.26. The molecule has 126 valence electrons. The fourth-order valence-electron chi connectivity index (χ4n) is 7.51. The first kappa shape index (κ1) is 14.5. The minimum atomic E-state index is -0.812. The van der Waals surface area contributed by atoms with Gasteiger partial charge in [-0.1, -0.05) is 6.92 Å². The van der Waals surface area contributed by atoms with Crippen LogP contribution in [0.2, 0.25) is 0 Å². The highest BCUT2D eigenvalue weighted by Gasteiger charge is 2.65. The summed E-state index contributed by atoms with van der Waals surface area (Å²) in [6, 6.07) is 2.21. The number of hydrogen-bond donors (Lipinski definition) is 2. The number of furan rings is 1. The molecule has 1 aromatic rings. The molecule has 3 heteroatoms. The van der Waals surface area contributed by atoms with Gasteiger partial charge in [0.05, 0.1) is 18.5 Å². The quantitative estimate of drug-likeness (QED) is 0.831. The maximum absolute atomic E-state index is 10.9. The molecule has 5 rings (SSSR count). The smallest absolute Gasteiger partial charge is 0.107 e. The fraction of sp³-hybridized carbons (Fsp3) is 0.800. The zero-order valence-electron chi connectivity index (χ0n) is 14.1. The van der Waals surface area contributed by atoms with Crippen LogP contribution in [0.15, 0.2) is 16.7 Å². The van der Waals surface area contributed by atoms with Crippen LogP contribution in [0, 0.1) is 22.7 Å². The molecule has 0 aliphatic heterocycles. The summed E-state index contributed by atoms with van der Waals surface area (Å²) >= 11 is 0. The Bertz CT molecular complexity index is 637. The Labute approximate surface area is 138 Å². The molecule has 2 bridgehead atoms. The van der Waals surface area contributed by atoms with Crippen LogP contribution in [0.4, 0.5) is 0 Å². The van der Waals surface area contributed by atoms with Crippen LogP contribution in [-0.2, 0) is 6.42 Å². The Morgan fingerprint density at radius 2 is 2.13 bits per heavy atom. The second-order valence-corrected chi connectivity index (χ2v) is 9.23. The van der Waals surface area contributed by atoms with Crippen LogP contribution in [0.3, 0.4) is 0 Å². The van der Waals surface area contributed by atoms with Crippen molar-refractivity contribution in [3.05, 3.63) is 23.7 Å². The lowest BCUT2D eigenvalue weighted by Crippen LogP contribution is -2.51. The number of rotatable bonds is 1. The third kappa shape index (κ3) is 1.68. The summed E-state index contributed by atoms with van der Waals surface area (Å²) in [4.78, 5) is 0. The molecule has 1 aromatic heterocycles. The molecule has 1 unspecified atom stereocenters. The molecule has 3 fully saturated rings. The number of aryl methyl sites for hydroxylation is 1.